The Morgan fingerprint density at radius 3 is 2.53 bits per heavy atom. The standard InChI is InChI=1S/C31H33N3O4/c1-31(2,3)38-29(35)18-27(33-4)30(36)34-15-14-23-17-25(11-13-28(23)34)37-20-21-10-12-26(24(16-21)19-32)22-8-6-5-7-9-22/h5-13,16-17,27,33H,14-15,18,20H2,1-4H3/t27-/m1/s1. The first-order valence-corrected chi connectivity index (χ1v) is 12.7. The van der Waals surface area contributed by atoms with Crippen molar-refractivity contribution in [2.75, 3.05) is 18.5 Å². The second-order valence-corrected chi connectivity index (χ2v) is 10.3. The third-order valence-electron chi connectivity index (χ3n) is 6.34. The smallest absolute Gasteiger partial charge is 0.308 e. The Kier molecular flexibility index (Phi) is 8.13. The molecule has 0 bridgehead atoms. The summed E-state index contributed by atoms with van der Waals surface area (Å²) in [4.78, 5) is 27.2. The van der Waals surface area contributed by atoms with Gasteiger partial charge in [-0.05, 0) is 80.8 Å². The molecule has 0 fully saturated rings. The van der Waals surface area contributed by atoms with Crippen molar-refractivity contribution < 1.29 is 19.1 Å². The van der Waals surface area contributed by atoms with Crippen molar-refractivity contribution in [3.05, 3.63) is 83.4 Å². The minimum absolute atomic E-state index is 0.0343. The first-order chi connectivity index (χ1) is 18.2. The fourth-order valence-corrected chi connectivity index (χ4v) is 4.56. The van der Waals surface area contributed by atoms with E-state index < -0.39 is 17.6 Å². The molecule has 1 amide bonds. The third-order valence-corrected chi connectivity index (χ3v) is 6.34. The van der Waals surface area contributed by atoms with Gasteiger partial charge in [0.2, 0.25) is 5.91 Å². The number of nitrogens with zero attached hydrogens (tertiary/aromatic N) is 2. The number of likely N-dealkylation sites (N-methyl/N-ethyl adjacent to an activating group) is 1. The van der Waals surface area contributed by atoms with E-state index in [4.69, 9.17) is 9.47 Å². The Labute approximate surface area is 224 Å². The zero-order chi connectivity index (χ0) is 27.3. The Balaban J connectivity index is 1.41. The molecule has 1 N–H and O–H groups in total. The number of anilines is 1. The van der Waals surface area contributed by atoms with Gasteiger partial charge >= 0.3 is 5.97 Å². The predicted octanol–water partition coefficient (Wildman–Crippen LogP) is 5.01. The predicted molar refractivity (Wildman–Crippen MR) is 147 cm³/mol. The second kappa shape index (κ2) is 11.5. The fourth-order valence-electron chi connectivity index (χ4n) is 4.56. The first kappa shape index (κ1) is 26.9. The van der Waals surface area contributed by atoms with E-state index in [0.29, 0.717) is 30.9 Å². The zero-order valence-electron chi connectivity index (χ0n) is 22.3. The maximum atomic E-state index is 13.2. The van der Waals surface area contributed by atoms with E-state index in [0.717, 1.165) is 27.9 Å². The lowest BCUT2D eigenvalue weighted by Gasteiger charge is -2.25. The van der Waals surface area contributed by atoms with E-state index in [1.165, 1.54) is 0 Å². The molecule has 0 saturated carbocycles. The van der Waals surface area contributed by atoms with Gasteiger partial charge in [-0.3, -0.25) is 9.59 Å². The Bertz CT molecular complexity index is 1360. The van der Waals surface area contributed by atoms with Gasteiger partial charge in [0.1, 0.15) is 18.0 Å². The molecule has 1 atom stereocenters. The largest absolute Gasteiger partial charge is 0.489 e. The van der Waals surface area contributed by atoms with Crippen LogP contribution >= 0.6 is 0 Å². The molecule has 4 rings (SSSR count). The van der Waals surface area contributed by atoms with Crippen LogP contribution < -0.4 is 15.0 Å². The third kappa shape index (κ3) is 6.39. The molecule has 1 heterocycles. The van der Waals surface area contributed by atoms with Crippen LogP contribution in [0.15, 0.2) is 66.7 Å². The summed E-state index contributed by atoms with van der Waals surface area (Å²) in [6, 6.07) is 22.9. The summed E-state index contributed by atoms with van der Waals surface area (Å²) in [6.45, 7) is 6.28. The number of amides is 1. The number of esters is 1. The van der Waals surface area contributed by atoms with Crippen LogP contribution in [0, 0.1) is 11.3 Å². The molecule has 3 aromatic rings. The lowest BCUT2D eigenvalue weighted by atomic mass is 9.98. The summed E-state index contributed by atoms with van der Waals surface area (Å²) >= 11 is 0. The highest BCUT2D eigenvalue weighted by Gasteiger charge is 2.32. The monoisotopic (exact) mass is 511 g/mol. The first-order valence-electron chi connectivity index (χ1n) is 12.7. The minimum atomic E-state index is -0.667. The molecule has 196 valence electrons. The topological polar surface area (TPSA) is 91.7 Å². The SMILES string of the molecule is CN[C@H](CC(=O)OC(C)(C)C)C(=O)N1CCc2cc(OCc3ccc(-c4ccccc4)c(C#N)c3)ccc21. The summed E-state index contributed by atoms with van der Waals surface area (Å²) in [5.41, 5.74) is 4.63. The highest BCUT2D eigenvalue weighted by molar-refractivity contribution is 6.00. The van der Waals surface area contributed by atoms with Crippen LogP contribution in [0.2, 0.25) is 0 Å². The van der Waals surface area contributed by atoms with Crippen molar-refractivity contribution >= 4 is 17.6 Å². The molecule has 7 nitrogen and oxygen atoms in total. The van der Waals surface area contributed by atoms with Crippen LogP contribution in [-0.4, -0.2) is 37.1 Å². The highest BCUT2D eigenvalue weighted by Crippen LogP contribution is 2.32. The molecule has 7 heteroatoms. The lowest BCUT2D eigenvalue weighted by Crippen LogP contribution is -2.46. The molecular formula is C31H33N3O4. The molecule has 1 aliphatic heterocycles. The number of benzene rings is 3. The van der Waals surface area contributed by atoms with Gasteiger partial charge in [0, 0.05) is 12.2 Å². The number of carbonyl (C=O) groups is 2. The van der Waals surface area contributed by atoms with Crippen molar-refractivity contribution in [3.8, 4) is 22.9 Å². The van der Waals surface area contributed by atoms with Gasteiger partial charge in [-0.25, -0.2) is 0 Å². The van der Waals surface area contributed by atoms with Gasteiger partial charge in [-0.1, -0.05) is 42.5 Å². The summed E-state index contributed by atoms with van der Waals surface area (Å²) in [7, 11) is 1.67. The van der Waals surface area contributed by atoms with E-state index >= 15 is 0 Å². The fraction of sp³-hybridized carbons (Fsp3) is 0.323. The number of ether oxygens (including phenoxy) is 2. The van der Waals surface area contributed by atoms with Crippen molar-refractivity contribution in [2.45, 2.75) is 51.9 Å². The summed E-state index contributed by atoms with van der Waals surface area (Å²) in [5.74, 6) is 0.126. The molecule has 1 aliphatic rings. The number of nitriles is 1. The molecule has 0 radical (unpaired) electrons. The van der Waals surface area contributed by atoms with Gasteiger partial charge in [-0.2, -0.15) is 5.26 Å². The van der Waals surface area contributed by atoms with Gasteiger partial charge < -0.3 is 19.7 Å². The van der Waals surface area contributed by atoms with E-state index in [1.54, 1.807) is 32.7 Å². The summed E-state index contributed by atoms with van der Waals surface area (Å²) in [5, 5.41) is 12.6. The van der Waals surface area contributed by atoms with Crippen LogP contribution in [0.5, 0.6) is 5.75 Å². The maximum Gasteiger partial charge on any atom is 0.308 e. The molecule has 0 spiro atoms. The van der Waals surface area contributed by atoms with E-state index in [2.05, 4.69) is 11.4 Å². The Hall–Kier alpha value is -4.15. The molecule has 38 heavy (non-hydrogen) atoms. The van der Waals surface area contributed by atoms with Crippen molar-refractivity contribution in [1.82, 2.24) is 5.32 Å². The van der Waals surface area contributed by atoms with Gasteiger partial charge in [0.25, 0.3) is 0 Å². The molecule has 0 aromatic heterocycles. The summed E-state index contributed by atoms with van der Waals surface area (Å²) in [6.07, 6.45) is 0.666. The average Bonchev–Trinajstić information content (AvgIpc) is 3.32. The number of fused-ring (bicyclic) bond motifs is 1. The molecule has 3 aromatic carbocycles. The lowest BCUT2D eigenvalue weighted by molar-refractivity contribution is -0.156. The van der Waals surface area contributed by atoms with E-state index in [9.17, 15) is 14.9 Å². The van der Waals surface area contributed by atoms with E-state index in [1.807, 2.05) is 66.7 Å². The Morgan fingerprint density at radius 2 is 1.84 bits per heavy atom. The summed E-state index contributed by atoms with van der Waals surface area (Å²) < 4.78 is 11.4. The Morgan fingerprint density at radius 1 is 1.08 bits per heavy atom. The van der Waals surface area contributed by atoms with E-state index in [-0.39, 0.29) is 12.3 Å². The molecule has 0 unspecified atom stereocenters. The number of rotatable bonds is 8. The molecule has 0 aliphatic carbocycles. The maximum absolute atomic E-state index is 13.2. The number of carbonyl (C=O) groups excluding carboxylic acids is 2. The minimum Gasteiger partial charge on any atom is -0.489 e. The van der Waals surface area contributed by atoms with Gasteiger partial charge in [0.15, 0.2) is 0 Å². The molecular weight excluding hydrogens is 478 g/mol. The van der Waals surface area contributed by atoms with Crippen LogP contribution in [0.3, 0.4) is 0 Å². The van der Waals surface area contributed by atoms with Crippen LogP contribution in [0.4, 0.5) is 5.69 Å². The van der Waals surface area contributed by atoms with Crippen molar-refractivity contribution in [2.24, 2.45) is 0 Å². The van der Waals surface area contributed by atoms with Crippen LogP contribution in [0.25, 0.3) is 11.1 Å². The number of hydrogen-bond acceptors (Lipinski definition) is 6. The van der Waals surface area contributed by atoms with Crippen LogP contribution in [-0.2, 0) is 27.4 Å². The van der Waals surface area contributed by atoms with Gasteiger partial charge in [0.05, 0.1) is 24.1 Å². The van der Waals surface area contributed by atoms with Crippen molar-refractivity contribution in [1.29, 1.82) is 5.26 Å². The highest BCUT2D eigenvalue weighted by atomic mass is 16.6. The molecule has 0 saturated heterocycles. The normalized spacial score (nSPS) is 13.4. The number of nitrogens with one attached hydrogen (secondary N) is 1. The van der Waals surface area contributed by atoms with Gasteiger partial charge in [-0.15, -0.1) is 0 Å². The average molecular weight is 512 g/mol. The van der Waals surface area contributed by atoms with Crippen molar-refractivity contribution in [3.63, 3.8) is 0 Å². The number of hydrogen-bond donors (Lipinski definition) is 1. The van der Waals surface area contributed by atoms with Crippen LogP contribution in [0.1, 0.15) is 43.9 Å². The second-order valence-electron chi connectivity index (χ2n) is 10.3. The zero-order valence-corrected chi connectivity index (χ0v) is 22.3. The quantitative estimate of drug-likeness (QED) is 0.428.